The molecule has 8 nitrogen and oxygen atoms in total. The van der Waals surface area contributed by atoms with Gasteiger partial charge in [0.05, 0.1) is 24.4 Å². The highest BCUT2D eigenvalue weighted by molar-refractivity contribution is 5.94. The first kappa shape index (κ1) is 19.6. The minimum atomic E-state index is -0.496. The van der Waals surface area contributed by atoms with E-state index in [1.54, 1.807) is 49.6 Å². The highest BCUT2D eigenvalue weighted by atomic mass is 16.5. The molecule has 0 saturated carbocycles. The predicted molar refractivity (Wildman–Crippen MR) is 106 cm³/mol. The van der Waals surface area contributed by atoms with Gasteiger partial charge in [-0.15, -0.1) is 0 Å². The van der Waals surface area contributed by atoms with E-state index in [0.29, 0.717) is 17.7 Å². The van der Waals surface area contributed by atoms with Crippen LogP contribution in [0.5, 0.6) is 5.75 Å². The van der Waals surface area contributed by atoms with E-state index in [9.17, 15) is 9.59 Å². The molecule has 0 bridgehead atoms. The number of H-pyrrole nitrogens is 1. The lowest BCUT2D eigenvalue weighted by Crippen LogP contribution is -2.41. The van der Waals surface area contributed by atoms with E-state index in [1.165, 1.54) is 0 Å². The minimum Gasteiger partial charge on any atom is -0.497 e. The van der Waals surface area contributed by atoms with Crippen LogP contribution in [0.3, 0.4) is 0 Å². The zero-order valence-electron chi connectivity index (χ0n) is 15.7. The molecule has 1 aromatic heterocycles. The zero-order chi connectivity index (χ0) is 20.6. The lowest BCUT2D eigenvalue weighted by Gasteiger charge is -2.06. The maximum Gasteiger partial charge on any atom is 0.287 e. The Labute approximate surface area is 167 Å². The van der Waals surface area contributed by atoms with E-state index >= 15 is 0 Å². The normalized spacial score (nSPS) is 10.1. The molecule has 0 fully saturated rings. The number of methoxy groups -OCH3 is 1. The summed E-state index contributed by atoms with van der Waals surface area (Å²) in [5, 5.41) is 15.6. The summed E-state index contributed by atoms with van der Waals surface area (Å²) in [4.78, 5) is 24.1. The van der Waals surface area contributed by atoms with Gasteiger partial charge in [0.15, 0.2) is 0 Å². The number of aromatic amines is 1. The first-order valence-corrected chi connectivity index (χ1v) is 8.87. The van der Waals surface area contributed by atoms with Crippen LogP contribution in [0.15, 0.2) is 54.6 Å². The molecule has 0 spiro atoms. The van der Waals surface area contributed by atoms with E-state index in [2.05, 4.69) is 21.0 Å². The van der Waals surface area contributed by atoms with E-state index in [-0.39, 0.29) is 18.0 Å². The van der Waals surface area contributed by atoms with Crippen LogP contribution in [0.1, 0.15) is 28.0 Å². The van der Waals surface area contributed by atoms with Crippen LogP contribution < -0.4 is 15.6 Å². The van der Waals surface area contributed by atoms with Crippen molar-refractivity contribution in [2.75, 3.05) is 7.11 Å². The first-order chi connectivity index (χ1) is 14.1. The molecule has 0 radical (unpaired) electrons. The maximum atomic E-state index is 12.2. The molecule has 0 aliphatic carbocycles. The van der Waals surface area contributed by atoms with Gasteiger partial charge in [0.25, 0.3) is 5.91 Å². The highest BCUT2D eigenvalue weighted by Gasteiger charge is 2.12. The van der Waals surface area contributed by atoms with E-state index < -0.39 is 5.91 Å². The largest absolute Gasteiger partial charge is 0.497 e. The van der Waals surface area contributed by atoms with Gasteiger partial charge in [0.2, 0.25) is 5.91 Å². The average molecular weight is 389 g/mol. The predicted octanol–water partition coefficient (Wildman–Crippen LogP) is 2.35. The Bertz CT molecular complexity index is 1030. The number of aromatic nitrogens is 2. The first-order valence-electron chi connectivity index (χ1n) is 8.87. The summed E-state index contributed by atoms with van der Waals surface area (Å²) in [6, 6.07) is 17.9. The lowest BCUT2D eigenvalue weighted by molar-refractivity contribution is -0.121. The molecule has 8 heteroatoms. The third kappa shape index (κ3) is 5.20. The second-order valence-electron chi connectivity index (χ2n) is 6.21. The Kier molecular flexibility index (Phi) is 6.22. The number of hydrogen-bond donors (Lipinski definition) is 3. The summed E-state index contributed by atoms with van der Waals surface area (Å²) in [6.07, 6.45) is 0.700. The fraction of sp³-hybridized carbons (Fsp3) is 0.143. The highest BCUT2D eigenvalue weighted by Crippen LogP contribution is 2.21. The lowest BCUT2D eigenvalue weighted by atomic mass is 10.1. The summed E-state index contributed by atoms with van der Waals surface area (Å²) in [5.41, 5.74) is 7.90. The number of nitrogens with zero attached hydrogens (tertiary/aromatic N) is 2. The summed E-state index contributed by atoms with van der Waals surface area (Å²) in [6.45, 7) is 0. The van der Waals surface area contributed by atoms with Crippen molar-refractivity contribution in [1.82, 2.24) is 21.0 Å². The van der Waals surface area contributed by atoms with Crippen molar-refractivity contribution >= 4 is 11.8 Å². The zero-order valence-corrected chi connectivity index (χ0v) is 15.7. The number of hydrogen-bond acceptors (Lipinski definition) is 5. The van der Waals surface area contributed by atoms with Crippen molar-refractivity contribution in [3.63, 3.8) is 0 Å². The quantitative estimate of drug-likeness (QED) is 0.559. The van der Waals surface area contributed by atoms with Crippen molar-refractivity contribution in [3.05, 3.63) is 71.4 Å². The van der Waals surface area contributed by atoms with Crippen LogP contribution in [-0.2, 0) is 11.2 Å². The summed E-state index contributed by atoms with van der Waals surface area (Å²) < 4.78 is 5.12. The molecule has 0 atom stereocenters. The fourth-order valence-electron chi connectivity index (χ4n) is 2.61. The molecule has 29 heavy (non-hydrogen) atoms. The Morgan fingerprint density at radius 2 is 1.83 bits per heavy atom. The number of carbonyl (C=O) groups is 2. The minimum absolute atomic E-state index is 0.201. The number of nitriles is 1. The Morgan fingerprint density at radius 3 is 2.48 bits per heavy atom. The van der Waals surface area contributed by atoms with Crippen LogP contribution in [0.2, 0.25) is 0 Å². The van der Waals surface area contributed by atoms with Gasteiger partial charge < -0.3 is 4.74 Å². The topological polar surface area (TPSA) is 120 Å². The molecular formula is C21H19N5O3. The molecule has 0 aliphatic rings. The van der Waals surface area contributed by atoms with Gasteiger partial charge in [-0.1, -0.05) is 12.1 Å². The number of carbonyl (C=O) groups excluding carboxylic acids is 2. The number of nitrogens with one attached hydrogen (secondary N) is 3. The second-order valence-corrected chi connectivity index (χ2v) is 6.21. The van der Waals surface area contributed by atoms with Gasteiger partial charge in [0.1, 0.15) is 11.4 Å². The third-order valence-electron chi connectivity index (χ3n) is 4.25. The number of rotatable bonds is 6. The number of benzene rings is 2. The van der Waals surface area contributed by atoms with Gasteiger partial charge in [-0.3, -0.25) is 25.5 Å². The van der Waals surface area contributed by atoms with Crippen LogP contribution in [0, 0.1) is 11.3 Å². The smallest absolute Gasteiger partial charge is 0.287 e. The van der Waals surface area contributed by atoms with Crippen LogP contribution in [0.25, 0.3) is 11.3 Å². The van der Waals surface area contributed by atoms with Gasteiger partial charge in [0, 0.05) is 12.0 Å². The Morgan fingerprint density at radius 1 is 1.10 bits per heavy atom. The summed E-state index contributed by atoms with van der Waals surface area (Å²) in [5.74, 6) is -0.0902. The van der Waals surface area contributed by atoms with E-state index in [4.69, 9.17) is 10.00 Å². The van der Waals surface area contributed by atoms with E-state index in [0.717, 1.165) is 16.9 Å². The van der Waals surface area contributed by atoms with E-state index in [1.807, 2.05) is 18.2 Å². The SMILES string of the molecule is COc1ccc(-c2cc(C(=O)NNC(=O)CCc3ccc(C#N)cc3)[nH]n2)cc1. The molecular weight excluding hydrogens is 370 g/mol. The molecule has 0 unspecified atom stereocenters. The second kappa shape index (κ2) is 9.19. The molecule has 3 N–H and O–H groups in total. The summed E-state index contributed by atoms with van der Waals surface area (Å²) in [7, 11) is 1.59. The van der Waals surface area contributed by atoms with Crippen molar-refractivity contribution in [2.24, 2.45) is 0 Å². The van der Waals surface area contributed by atoms with Gasteiger partial charge in [-0.25, -0.2) is 0 Å². The van der Waals surface area contributed by atoms with Crippen LogP contribution >= 0.6 is 0 Å². The standard InChI is InChI=1S/C21H19N5O3/c1-29-17-9-7-16(8-10-17)18-12-19(24-23-18)21(28)26-25-20(27)11-6-14-2-4-15(13-22)5-3-14/h2-5,7-10,12H,6,11H2,1H3,(H,23,24)(H,25,27)(H,26,28). The molecule has 0 saturated heterocycles. The Hall–Kier alpha value is -4.12. The van der Waals surface area contributed by atoms with Crippen molar-refractivity contribution in [3.8, 4) is 23.1 Å². The molecule has 0 aliphatic heterocycles. The van der Waals surface area contributed by atoms with Crippen molar-refractivity contribution < 1.29 is 14.3 Å². The molecule has 146 valence electrons. The Balaban J connectivity index is 1.49. The maximum absolute atomic E-state index is 12.2. The van der Waals surface area contributed by atoms with Crippen LogP contribution in [-0.4, -0.2) is 29.1 Å². The van der Waals surface area contributed by atoms with Crippen molar-refractivity contribution in [2.45, 2.75) is 12.8 Å². The fourth-order valence-corrected chi connectivity index (χ4v) is 2.61. The molecule has 1 heterocycles. The summed E-state index contributed by atoms with van der Waals surface area (Å²) >= 11 is 0. The molecule has 2 aromatic carbocycles. The third-order valence-corrected chi connectivity index (χ3v) is 4.25. The number of ether oxygens (including phenoxy) is 1. The van der Waals surface area contributed by atoms with Gasteiger partial charge in [-0.05, 0) is 54.4 Å². The monoisotopic (exact) mass is 389 g/mol. The molecule has 3 rings (SSSR count). The number of aryl methyl sites for hydroxylation is 1. The van der Waals surface area contributed by atoms with Gasteiger partial charge in [-0.2, -0.15) is 10.4 Å². The number of hydrazine groups is 1. The molecule has 2 amide bonds. The molecule has 3 aromatic rings. The van der Waals surface area contributed by atoms with Crippen molar-refractivity contribution in [1.29, 1.82) is 5.26 Å². The van der Waals surface area contributed by atoms with Gasteiger partial charge >= 0.3 is 0 Å². The average Bonchev–Trinajstić information content (AvgIpc) is 3.27. The van der Waals surface area contributed by atoms with Crippen LogP contribution in [0.4, 0.5) is 0 Å². The number of amides is 2.